The molecule has 0 bridgehead atoms. The van der Waals surface area contributed by atoms with Crippen molar-refractivity contribution in [3.8, 4) is 11.5 Å². The predicted molar refractivity (Wildman–Crippen MR) is 172 cm³/mol. The number of nitrogens with one attached hydrogen (secondary N) is 1. The number of nitrogens with zero attached hydrogens (tertiary/aromatic N) is 2. The second kappa shape index (κ2) is 15.2. The van der Waals surface area contributed by atoms with Gasteiger partial charge in [-0.25, -0.2) is 12.8 Å². The lowest BCUT2D eigenvalue weighted by Gasteiger charge is -2.33. The average molecular weight is 681 g/mol. The normalized spacial score (nSPS) is 14.4. The van der Waals surface area contributed by atoms with Crippen molar-refractivity contribution >= 4 is 50.7 Å². The summed E-state index contributed by atoms with van der Waals surface area (Å²) >= 11 is 12.5. The van der Waals surface area contributed by atoms with Crippen LogP contribution in [0.15, 0.2) is 65.6 Å². The molecule has 0 aromatic heterocycles. The third-order valence-electron chi connectivity index (χ3n) is 7.81. The van der Waals surface area contributed by atoms with Crippen LogP contribution in [0.5, 0.6) is 11.5 Å². The van der Waals surface area contributed by atoms with Gasteiger partial charge in [0.25, 0.3) is 10.0 Å². The molecule has 4 rings (SSSR count). The average Bonchev–Trinajstić information content (AvgIpc) is 3.03. The number of sulfonamides is 1. The minimum atomic E-state index is -4.42. The summed E-state index contributed by atoms with van der Waals surface area (Å²) in [4.78, 5) is 28.7. The van der Waals surface area contributed by atoms with E-state index in [1.807, 2.05) is 0 Å². The van der Waals surface area contributed by atoms with Crippen LogP contribution in [0.4, 0.5) is 10.1 Å². The Balaban J connectivity index is 1.72. The van der Waals surface area contributed by atoms with E-state index in [9.17, 15) is 22.4 Å². The summed E-state index contributed by atoms with van der Waals surface area (Å²) < 4.78 is 53.5. The molecule has 2 amide bonds. The maximum Gasteiger partial charge on any atom is 0.264 e. The number of benzene rings is 3. The van der Waals surface area contributed by atoms with E-state index in [-0.39, 0.29) is 39.8 Å². The molecule has 0 unspecified atom stereocenters. The van der Waals surface area contributed by atoms with Crippen molar-refractivity contribution in [2.24, 2.45) is 0 Å². The fraction of sp³-hybridized carbons (Fsp3) is 0.375. The van der Waals surface area contributed by atoms with Gasteiger partial charge in [-0.1, -0.05) is 48.5 Å². The molecule has 242 valence electrons. The highest BCUT2D eigenvalue weighted by atomic mass is 35.5. The van der Waals surface area contributed by atoms with E-state index in [2.05, 4.69) is 5.32 Å². The predicted octanol–water partition coefficient (Wildman–Crippen LogP) is 6.21. The van der Waals surface area contributed by atoms with Crippen molar-refractivity contribution in [1.82, 2.24) is 10.2 Å². The van der Waals surface area contributed by atoms with Crippen LogP contribution in [-0.4, -0.2) is 58.0 Å². The standard InChI is InChI=1S/C32H36Cl2FN3O6S/c1-21(32(40)36-25-7-5-4-6-8-25)37(19-22-9-10-23(33)17-28(22)34)31(39)20-38(26-13-11-24(35)12-14-26)45(41,42)27-15-16-29(43-2)30(18-27)44-3/h9-18,21,25H,4-8,19-20H2,1-3H3,(H,36,40)/t21-/m0/s1. The molecule has 45 heavy (non-hydrogen) atoms. The van der Waals surface area contributed by atoms with Crippen molar-refractivity contribution in [3.63, 3.8) is 0 Å². The van der Waals surface area contributed by atoms with Gasteiger partial charge in [0.1, 0.15) is 18.4 Å². The maximum absolute atomic E-state index is 14.2. The molecule has 3 aromatic carbocycles. The Kier molecular flexibility index (Phi) is 11.6. The molecule has 3 aromatic rings. The monoisotopic (exact) mass is 679 g/mol. The number of hydrogen-bond acceptors (Lipinski definition) is 6. The van der Waals surface area contributed by atoms with E-state index in [1.54, 1.807) is 19.1 Å². The minimum Gasteiger partial charge on any atom is -0.493 e. The summed E-state index contributed by atoms with van der Waals surface area (Å²) in [5.74, 6) is -1.15. The molecule has 1 atom stereocenters. The zero-order chi connectivity index (χ0) is 32.7. The summed E-state index contributed by atoms with van der Waals surface area (Å²) in [6.07, 6.45) is 4.80. The number of amides is 2. The summed E-state index contributed by atoms with van der Waals surface area (Å²) in [5, 5.41) is 3.73. The number of rotatable bonds is 12. The van der Waals surface area contributed by atoms with Crippen LogP contribution in [0.3, 0.4) is 0 Å². The van der Waals surface area contributed by atoms with Gasteiger partial charge in [-0.15, -0.1) is 0 Å². The lowest BCUT2D eigenvalue weighted by atomic mass is 9.95. The van der Waals surface area contributed by atoms with Crippen molar-refractivity contribution in [1.29, 1.82) is 0 Å². The Hall–Kier alpha value is -3.54. The van der Waals surface area contributed by atoms with Gasteiger partial charge in [0.15, 0.2) is 11.5 Å². The molecular formula is C32H36Cl2FN3O6S. The van der Waals surface area contributed by atoms with Gasteiger partial charge in [-0.2, -0.15) is 0 Å². The highest BCUT2D eigenvalue weighted by Gasteiger charge is 2.34. The highest BCUT2D eigenvalue weighted by Crippen LogP contribution is 2.33. The van der Waals surface area contributed by atoms with Gasteiger partial charge in [0, 0.05) is 28.7 Å². The molecule has 13 heteroatoms. The second-order valence-corrected chi connectivity index (χ2v) is 13.5. The number of anilines is 1. The fourth-order valence-corrected chi connectivity index (χ4v) is 7.12. The van der Waals surface area contributed by atoms with Crippen LogP contribution < -0.4 is 19.1 Å². The smallest absolute Gasteiger partial charge is 0.264 e. The van der Waals surface area contributed by atoms with E-state index in [1.165, 1.54) is 55.5 Å². The zero-order valence-corrected chi connectivity index (χ0v) is 27.6. The summed E-state index contributed by atoms with van der Waals surface area (Å²) in [6, 6.07) is 12.6. The van der Waals surface area contributed by atoms with Gasteiger partial charge in [-0.05, 0) is 73.9 Å². The fourth-order valence-electron chi connectivity index (χ4n) is 5.23. The molecule has 1 fully saturated rings. The number of halogens is 3. The van der Waals surface area contributed by atoms with Crippen molar-refractivity contribution in [3.05, 3.63) is 82.1 Å². The van der Waals surface area contributed by atoms with Gasteiger partial charge < -0.3 is 19.7 Å². The van der Waals surface area contributed by atoms with E-state index in [4.69, 9.17) is 32.7 Å². The first kappa shape index (κ1) is 34.3. The third-order valence-corrected chi connectivity index (χ3v) is 10.2. The highest BCUT2D eigenvalue weighted by molar-refractivity contribution is 7.92. The molecule has 1 saturated carbocycles. The molecule has 1 N–H and O–H groups in total. The van der Waals surface area contributed by atoms with E-state index >= 15 is 0 Å². The molecule has 9 nitrogen and oxygen atoms in total. The minimum absolute atomic E-state index is 0.00841. The number of ether oxygens (including phenoxy) is 2. The topological polar surface area (TPSA) is 105 Å². The molecule has 0 spiro atoms. The molecule has 0 saturated heterocycles. The van der Waals surface area contributed by atoms with Crippen molar-refractivity contribution < 1.29 is 31.9 Å². The van der Waals surface area contributed by atoms with Crippen molar-refractivity contribution in [2.75, 3.05) is 25.1 Å². The maximum atomic E-state index is 14.2. The second-order valence-electron chi connectivity index (χ2n) is 10.8. The van der Waals surface area contributed by atoms with Gasteiger partial charge >= 0.3 is 0 Å². The molecule has 0 radical (unpaired) electrons. The summed E-state index contributed by atoms with van der Waals surface area (Å²) in [7, 11) is -1.64. The molecule has 0 heterocycles. The lowest BCUT2D eigenvalue weighted by molar-refractivity contribution is -0.139. The number of carbonyl (C=O) groups excluding carboxylic acids is 2. The number of carbonyl (C=O) groups is 2. The first-order valence-corrected chi connectivity index (χ1v) is 16.7. The van der Waals surface area contributed by atoms with Crippen LogP contribution in [0.25, 0.3) is 0 Å². The first-order valence-electron chi connectivity index (χ1n) is 14.5. The largest absolute Gasteiger partial charge is 0.493 e. The SMILES string of the molecule is COc1ccc(S(=O)(=O)N(CC(=O)N(Cc2ccc(Cl)cc2Cl)[C@@H](C)C(=O)NC2CCCCC2)c2ccc(F)cc2)cc1OC. The Bertz CT molecular complexity index is 1620. The van der Waals surface area contributed by atoms with Crippen LogP contribution in [0.2, 0.25) is 10.0 Å². The van der Waals surface area contributed by atoms with E-state index in [0.717, 1.165) is 48.5 Å². The Morgan fingerprint density at radius 1 is 0.956 bits per heavy atom. The van der Waals surface area contributed by atoms with Crippen LogP contribution >= 0.6 is 23.2 Å². The Labute approximate surface area is 273 Å². The number of hydrogen-bond donors (Lipinski definition) is 1. The van der Waals surface area contributed by atoms with Gasteiger partial charge in [0.05, 0.1) is 24.8 Å². The summed E-state index contributed by atoms with van der Waals surface area (Å²) in [6.45, 7) is 0.793. The lowest BCUT2D eigenvalue weighted by Crippen LogP contribution is -2.53. The van der Waals surface area contributed by atoms with Gasteiger partial charge in [-0.3, -0.25) is 13.9 Å². The van der Waals surface area contributed by atoms with Crippen LogP contribution in [-0.2, 0) is 26.2 Å². The van der Waals surface area contributed by atoms with Crippen molar-refractivity contribution in [2.45, 2.75) is 62.6 Å². The van der Waals surface area contributed by atoms with Crippen LogP contribution in [0, 0.1) is 5.82 Å². The molecule has 0 aliphatic heterocycles. The Morgan fingerprint density at radius 3 is 2.24 bits per heavy atom. The van der Waals surface area contributed by atoms with Crippen LogP contribution in [0.1, 0.15) is 44.6 Å². The summed E-state index contributed by atoms with van der Waals surface area (Å²) in [5.41, 5.74) is 0.561. The quantitative estimate of drug-likeness (QED) is 0.244. The first-order chi connectivity index (χ1) is 21.4. The number of methoxy groups -OCH3 is 2. The molecule has 1 aliphatic rings. The van der Waals surface area contributed by atoms with E-state index < -0.39 is 34.3 Å². The molecular weight excluding hydrogens is 644 g/mol. The van der Waals surface area contributed by atoms with E-state index in [0.29, 0.717) is 16.3 Å². The third kappa shape index (κ3) is 8.39. The van der Waals surface area contributed by atoms with Gasteiger partial charge in [0.2, 0.25) is 11.8 Å². The zero-order valence-electron chi connectivity index (χ0n) is 25.3. The molecule has 1 aliphatic carbocycles. The Morgan fingerprint density at radius 2 is 1.62 bits per heavy atom.